The fourth-order valence-electron chi connectivity index (χ4n) is 4.43. The minimum atomic E-state index is 0.00335. The van der Waals surface area contributed by atoms with Gasteiger partial charge in [0, 0.05) is 36.6 Å². The average Bonchev–Trinajstić information content (AvgIpc) is 3.30. The first kappa shape index (κ1) is 18.5. The van der Waals surface area contributed by atoms with Gasteiger partial charge in [-0.2, -0.15) is 5.10 Å². The van der Waals surface area contributed by atoms with Crippen molar-refractivity contribution in [1.29, 1.82) is 0 Å². The van der Waals surface area contributed by atoms with Crippen molar-refractivity contribution < 1.29 is 4.79 Å². The van der Waals surface area contributed by atoms with Crippen LogP contribution in [0.1, 0.15) is 66.7 Å². The molecule has 2 aromatic rings. The highest BCUT2D eigenvalue weighted by Crippen LogP contribution is 2.34. The van der Waals surface area contributed by atoms with Crippen LogP contribution in [0.3, 0.4) is 0 Å². The lowest BCUT2D eigenvalue weighted by Gasteiger charge is -2.32. The molecule has 6 nitrogen and oxygen atoms in total. The molecule has 0 unspecified atom stereocenters. The molecule has 1 saturated carbocycles. The Morgan fingerprint density at radius 1 is 1.11 bits per heavy atom. The molecule has 2 aliphatic rings. The lowest BCUT2D eigenvalue weighted by molar-refractivity contribution is 0.0708. The lowest BCUT2D eigenvalue weighted by Crippen LogP contribution is -2.39. The first-order valence-electron chi connectivity index (χ1n) is 9.75. The van der Waals surface area contributed by atoms with E-state index in [-0.39, 0.29) is 17.5 Å². The molecule has 1 amide bonds. The Bertz CT molecular complexity index is 890. The summed E-state index contributed by atoms with van der Waals surface area (Å²) < 4.78 is 4.26. The molecule has 1 saturated heterocycles. The number of likely N-dealkylation sites (tertiary alicyclic amines) is 1. The molecule has 0 radical (unpaired) electrons. The first-order chi connectivity index (χ1) is 13.1. The van der Waals surface area contributed by atoms with E-state index in [9.17, 15) is 9.59 Å². The third-order valence-electron chi connectivity index (χ3n) is 5.92. The van der Waals surface area contributed by atoms with Gasteiger partial charge in [-0.25, -0.2) is 9.48 Å². The van der Waals surface area contributed by atoms with Gasteiger partial charge in [0.05, 0.1) is 5.56 Å². The minimum absolute atomic E-state index is 0.00335. The maximum Gasteiger partial charge on any atom is 0.345 e. The fraction of sp³-hybridized carbons (Fsp3) is 0.550. The monoisotopic (exact) mass is 432 g/mol. The van der Waals surface area contributed by atoms with Gasteiger partial charge in [-0.3, -0.25) is 9.36 Å². The molecule has 144 valence electrons. The van der Waals surface area contributed by atoms with Gasteiger partial charge >= 0.3 is 5.69 Å². The number of carbonyl (C=O) groups is 1. The summed E-state index contributed by atoms with van der Waals surface area (Å²) in [7, 11) is 1.74. The topological polar surface area (TPSA) is 60.1 Å². The summed E-state index contributed by atoms with van der Waals surface area (Å²) in [5, 5.41) is 4.58. The van der Waals surface area contributed by atoms with Crippen molar-refractivity contribution in [1.82, 2.24) is 19.2 Å². The Hall–Kier alpha value is -1.89. The van der Waals surface area contributed by atoms with Crippen LogP contribution < -0.4 is 5.69 Å². The molecule has 1 aliphatic carbocycles. The van der Waals surface area contributed by atoms with Crippen LogP contribution in [0.4, 0.5) is 0 Å². The molecule has 0 spiro atoms. The molecule has 1 aromatic carbocycles. The van der Waals surface area contributed by atoms with E-state index in [1.54, 1.807) is 7.05 Å². The summed E-state index contributed by atoms with van der Waals surface area (Å²) in [6.07, 6.45) is 6.20. The number of piperidine rings is 1. The molecule has 1 aromatic heterocycles. The van der Waals surface area contributed by atoms with Gasteiger partial charge in [-0.15, -0.1) is 0 Å². The first-order valence-corrected chi connectivity index (χ1v) is 10.5. The molecule has 27 heavy (non-hydrogen) atoms. The van der Waals surface area contributed by atoms with E-state index >= 15 is 0 Å². The fourth-order valence-corrected chi connectivity index (χ4v) is 4.88. The van der Waals surface area contributed by atoms with Crippen molar-refractivity contribution in [3.63, 3.8) is 0 Å². The summed E-state index contributed by atoms with van der Waals surface area (Å²) >= 11 is 3.47. The number of benzene rings is 1. The molecule has 0 N–H and O–H groups in total. The molecule has 2 fully saturated rings. The third kappa shape index (κ3) is 3.49. The van der Waals surface area contributed by atoms with Crippen molar-refractivity contribution in [2.45, 2.75) is 50.5 Å². The van der Waals surface area contributed by atoms with Crippen LogP contribution in [0, 0.1) is 0 Å². The summed E-state index contributed by atoms with van der Waals surface area (Å²) in [4.78, 5) is 27.3. The quantitative estimate of drug-likeness (QED) is 0.745. The highest BCUT2D eigenvalue weighted by Gasteiger charge is 2.31. The summed E-state index contributed by atoms with van der Waals surface area (Å²) in [5.41, 5.74) is 0.709. The maximum atomic E-state index is 12.8. The highest BCUT2D eigenvalue weighted by molar-refractivity contribution is 9.10. The van der Waals surface area contributed by atoms with Crippen LogP contribution in [0.5, 0.6) is 0 Å². The third-order valence-corrected chi connectivity index (χ3v) is 6.62. The largest absolute Gasteiger partial charge is 0.345 e. The van der Waals surface area contributed by atoms with E-state index in [0.717, 1.165) is 36.0 Å². The number of amides is 1. The van der Waals surface area contributed by atoms with Crippen molar-refractivity contribution >= 4 is 21.8 Å². The predicted octanol–water partition coefficient (Wildman–Crippen LogP) is 3.48. The van der Waals surface area contributed by atoms with Gasteiger partial charge in [0.1, 0.15) is 5.82 Å². The van der Waals surface area contributed by atoms with Crippen LogP contribution in [-0.2, 0) is 7.05 Å². The molecular formula is C20H25BrN4O2. The summed E-state index contributed by atoms with van der Waals surface area (Å²) in [6.45, 7) is 1.39. The van der Waals surface area contributed by atoms with Gasteiger partial charge in [0.2, 0.25) is 0 Å². The van der Waals surface area contributed by atoms with Crippen LogP contribution in [0.15, 0.2) is 33.5 Å². The number of nitrogens with zero attached hydrogens (tertiary/aromatic N) is 4. The summed E-state index contributed by atoms with van der Waals surface area (Å²) in [5.74, 6) is 1.22. The Morgan fingerprint density at radius 3 is 2.44 bits per heavy atom. The van der Waals surface area contributed by atoms with Gasteiger partial charge in [0.25, 0.3) is 5.91 Å². The number of hydrogen-bond acceptors (Lipinski definition) is 3. The number of aryl methyl sites for hydroxylation is 1. The second-order valence-electron chi connectivity index (χ2n) is 7.62. The SMILES string of the molecule is Cn1nc(C2CCN(C(=O)c3ccccc3Br)CC2)n(C2CCCC2)c1=O. The molecule has 4 rings (SSSR count). The molecule has 2 heterocycles. The second-order valence-corrected chi connectivity index (χ2v) is 8.47. The molecular weight excluding hydrogens is 408 g/mol. The van der Waals surface area contributed by atoms with Crippen LogP contribution >= 0.6 is 15.9 Å². The standard InChI is InChI=1S/C20H25BrN4O2/c1-23-20(27)25(15-6-2-3-7-15)18(22-23)14-10-12-24(13-11-14)19(26)16-8-4-5-9-17(16)21/h4-5,8-9,14-15H,2-3,6-7,10-13H2,1H3. The molecule has 0 atom stereocenters. The predicted molar refractivity (Wildman–Crippen MR) is 107 cm³/mol. The van der Waals surface area contributed by atoms with Crippen LogP contribution in [0.2, 0.25) is 0 Å². The molecule has 7 heteroatoms. The lowest BCUT2D eigenvalue weighted by atomic mass is 9.95. The molecule has 0 bridgehead atoms. The number of rotatable bonds is 3. The maximum absolute atomic E-state index is 12.8. The zero-order valence-electron chi connectivity index (χ0n) is 15.6. The van der Waals surface area contributed by atoms with Crippen LogP contribution in [0.25, 0.3) is 0 Å². The highest BCUT2D eigenvalue weighted by atomic mass is 79.9. The Kier molecular flexibility index (Phi) is 5.21. The normalized spacial score (nSPS) is 19.0. The van der Waals surface area contributed by atoms with E-state index in [0.29, 0.717) is 24.7 Å². The Balaban J connectivity index is 1.50. The van der Waals surface area contributed by atoms with Gasteiger partial charge in [0.15, 0.2) is 0 Å². The second kappa shape index (κ2) is 7.62. The molecule has 1 aliphatic heterocycles. The van der Waals surface area contributed by atoms with Gasteiger partial charge in [-0.05, 0) is 53.7 Å². The van der Waals surface area contributed by atoms with Crippen molar-refractivity contribution in [2.75, 3.05) is 13.1 Å². The van der Waals surface area contributed by atoms with E-state index in [1.807, 2.05) is 33.7 Å². The number of carbonyl (C=O) groups excluding carboxylic acids is 1. The zero-order valence-corrected chi connectivity index (χ0v) is 17.2. The summed E-state index contributed by atoms with van der Waals surface area (Å²) in [6, 6.07) is 7.85. The van der Waals surface area contributed by atoms with Crippen molar-refractivity contribution in [2.24, 2.45) is 7.05 Å². The number of aromatic nitrogens is 3. The van der Waals surface area contributed by atoms with Crippen molar-refractivity contribution in [3.05, 3.63) is 50.6 Å². The van der Waals surface area contributed by atoms with E-state index in [2.05, 4.69) is 21.0 Å². The smallest absolute Gasteiger partial charge is 0.339 e. The van der Waals surface area contributed by atoms with Crippen molar-refractivity contribution in [3.8, 4) is 0 Å². The zero-order chi connectivity index (χ0) is 19.0. The number of halogens is 1. The van der Waals surface area contributed by atoms with E-state index in [4.69, 9.17) is 0 Å². The number of hydrogen-bond donors (Lipinski definition) is 0. The van der Waals surface area contributed by atoms with E-state index in [1.165, 1.54) is 17.5 Å². The van der Waals surface area contributed by atoms with Gasteiger partial charge in [-0.1, -0.05) is 25.0 Å². The van der Waals surface area contributed by atoms with Gasteiger partial charge < -0.3 is 4.90 Å². The van der Waals surface area contributed by atoms with Crippen LogP contribution in [-0.4, -0.2) is 38.2 Å². The average molecular weight is 433 g/mol. The van der Waals surface area contributed by atoms with E-state index < -0.39 is 0 Å². The Morgan fingerprint density at radius 2 is 1.78 bits per heavy atom. The Labute approximate surface area is 167 Å². The minimum Gasteiger partial charge on any atom is -0.339 e.